The fourth-order valence-corrected chi connectivity index (χ4v) is 4.32. The van der Waals surface area contributed by atoms with Crippen molar-refractivity contribution in [1.82, 2.24) is 20.4 Å². The molecule has 2 N–H and O–H groups in total. The maximum Gasteiger partial charge on any atom is 0.409 e. The zero-order chi connectivity index (χ0) is 21.9. The van der Waals surface area contributed by atoms with Crippen molar-refractivity contribution in [3.63, 3.8) is 0 Å². The summed E-state index contributed by atoms with van der Waals surface area (Å²) in [6.07, 6.45) is 5.57. The molecule has 0 unspecified atom stereocenters. The fraction of sp³-hybridized carbons (Fsp3) is 0.667. The third-order valence-electron chi connectivity index (χ3n) is 6.07. The van der Waals surface area contributed by atoms with E-state index in [4.69, 9.17) is 9.73 Å². The molecule has 31 heavy (non-hydrogen) atoms. The van der Waals surface area contributed by atoms with Gasteiger partial charge < -0.3 is 20.3 Å². The molecule has 0 saturated carbocycles. The largest absolute Gasteiger partial charge is 0.450 e. The van der Waals surface area contributed by atoms with Crippen molar-refractivity contribution in [3.8, 4) is 0 Å². The monoisotopic (exact) mass is 429 g/mol. The highest BCUT2D eigenvalue weighted by molar-refractivity contribution is 5.80. The van der Waals surface area contributed by atoms with Crippen LogP contribution in [0.2, 0.25) is 0 Å². The Morgan fingerprint density at radius 1 is 1.06 bits per heavy atom. The zero-order valence-electron chi connectivity index (χ0n) is 19.2. The number of ether oxygens (including phenoxy) is 1. The molecule has 3 rings (SSSR count). The first-order valence-electron chi connectivity index (χ1n) is 11.9. The molecule has 7 nitrogen and oxygen atoms in total. The van der Waals surface area contributed by atoms with Crippen molar-refractivity contribution >= 4 is 12.1 Å². The van der Waals surface area contributed by atoms with Gasteiger partial charge in [-0.1, -0.05) is 30.7 Å². The average molecular weight is 430 g/mol. The van der Waals surface area contributed by atoms with Gasteiger partial charge in [-0.2, -0.15) is 0 Å². The summed E-state index contributed by atoms with van der Waals surface area (Å²) < 4.78 is 5.12. The number of aliphatic imine (C=N–C) groups is 1. The van der Waals surface area contributed by atoms with Crippen LogP contribution in [0.1, 0.15) is 57.1 Å². The van der Waals surface area contributed by atoms with Crippen LogP contribution in [0.4, 0.5) is 4.79 Å². The first kappa shape index (κ1) is 23.4. The van der Waals surface area contributed by atoms with Crippen molar-refractivity contribution in [2.45, 2.75) is 65.1 Å². The molecule has 0 radical (unpaired) electrons. The summed E-state index contributed by atoms with van der Waals surface area (Å²) in [6, 6.07) is 8.99. The Bertz CT molecular complexity index is 710. The highest BCUT2D eigenvalue weighted by Gasteiger charge is 2.24. The van der Waals surface area contributed by atoms with E-state index in [1.165, 1.54) is 43.5 Å². The minimum atomic E-state index is -0.202. The van der Waals surface area contributed by atoms with E-state index in [1.807, 2.05) is 6.92 Å². The van der Waals surface area contributed by atoms with Crippen LogP contribution in [0.25, 0.3) is 0 Å². The van der Waals surface area contributed by atoms with Gasteiger partial charge in [0.15, 0.2) is 5.96 Å². The van der Waals surface area contributed by atoms with Crippen LogP contribution < -0.4 is 10.6 Å². The Balaban J connectivity index is 1.56. The van der Waals surface area contributed by atoms with Gasteiger partial charge in [0.2, 0.25) is 0 Å². The lowest BCUT2D eigenvalue weighted by Crippen LogP contribution is -2.49. The van der Waals surface area contributed by atoms with Gasteiger partial charge in [-0.05, 0) is 63.7 Å². The molecule has 2 aliphatic rings. The Morgan fingerprint density at radius 3 is 2.45 bits per heavy atom. The van der Waals surface area contributed by atoms with Crippen LogP contribution >= 0.6 is 0 Å². The molecule has 0 aromatic heterocycles. The SMILES string of the molecule is CCNC(=NCc1ccccc1CN1CCCCC1)NC1CCN(C(=O)OCC)CC1. The lowest BCUT2D eigenvalue weighted by Gasteiger charge is -2.32. The minimum absolute atomic E-state index is 0.202. The van der Waals surface area contributed by atoms with E-state index >= 15 is 0 Å². The van der Waals surface area contributed by atoms with Gasteiger partial charge in [-0.25, -0.2) is 9.79 Å². The van der Waals surface area contributed by atoms with Crippen molar-refractivity contribution in [3.05, 3.63) is 35.4 Å². The predicted octanol–water partition coefficient (Wildman–Crippen LogP) is 3.35. The lowest BCUT2D eigenvalue weighted by atomic mass is 10.0. The number of carbonyl (C=O) groups is 1. The van der Waals surface area contributed by atoms with Crippen molar-refractivity contribution < 1.29 is 9.53 Å². The van der Waals surface area contributed by atoms with Crippen molar-refractivity contribution in [2.24, 2.45) is 4.99 Å². The van der Waals surface area contributed by atoms with Gasteiger partial charge in [-0.15, -0.1) is 0 Å². The Hall–Kier alpha value is -2.28. The summed E-state index contributed by atoms with van der Waals surface area (Å²) >= 11 is 0. The molecule has 7 heteroatoms. The summed E-state index contributed by atoms with van der Waals surface area (Å²) in [4.78, 5) is 21.1. The number of piperidine rings is 2. The van der Waals surface area contributed by atoms with Gasteiger partial charge >= 0.3 is 6.09 Å². The smallest absolute Gasteiger partial charge is 0.409 e. The number of benzene rings is 1. The summed E-state index contributed by atoms with van der Waals surface area (Å²) in [5, 5.41) is 6.95. The molecule has 1 aromatic rings. The molecule has 0 atom stereocenters. The molecular formula is C24H39N5O2. The quantitative estimate of drug-likeness (QED) is 0.514. The second kappa shape index (κ2) is 12.5. The molecule has 1 amide bonds. The number of amides is 1. The molecular weight excluding hydrogens is 390 g/mol. The topological polar surface area (TPSA) is 69.2 Å². The molecule has 0 bridgehead atoms. The molecule has 2 fully saturated rings. The number of carbonyl (C=O) groups excluding carboxylic acids is 1. The zero-order valence-corrected chi connectivity index (χ0v) is 19.2. The van der Waals surface area contributed by atoms with E-state index in [0.717, 1.165) is 31.9 Å². The first-order valence-corrected chi connectivity index (χ1v) is 11.9. The van der Waals surface area contributed by atoms with Crippen LogP contribution in [0.15, 0.2) is 29.3 Å². The normalized spacial score (nSPS) is 18.6. The minimum Gasteiger partial charge on any atom is -0.450 e. The fourth-order valence-electron chi connectivity index (χ4n) is 4.32. The van der Waals surface area contributed by atoms with E-state index in [-0.39, 0.29) is 6.09 Å². The van der Waals surface area contributed by atoms with E-state index in [1.54, 1.807) is 4.90 Å². The van der Waals surface area contributed by atoms with Crippen LogP contribution in [0.3, 0.4) is 0 Å². The summed E-state index contributed by atoms with van der Waals surface area (Å²) in [6.45, 7) is 10.7. The molecule has 2 heterocycles. The van der Waals surface area contributed by atoms with E-state index in [2.05, 4.69) is 46.7 Å². The number of nitrogens with zero attached hydrogens (tertiary/aromatic N) is 3. The molecule has 2 aliphatic heterocycles. The first-order chi connectivity index (χ1) is 15.2. The van der Waals surface area contributed by atoms with Crippen LogP contribution in [0.5, 0.6) is 0 Å². The standard InChI is InChI=1S/C24H39N5O2/c1-3-25-23(27-22-12-16-29(17-13-22)24(30)31-4-2)26-18-20-10-6-7-11-21(20)19-28-14-8-5-9-15-28/h6-7,10-11,22H,3-5,8-9,12-19H2,1-2H3,(H2,25,26,27). The van der Waals surface area contributed by atoms with Crippen LogP contribution in [0, 0.1) is 0 Å². The summed E-state index contributed by atoms with van der Waals surface area (Å²) in [5.74, 6) is 0.852. The highest BCUT2D eigenvalue weighted by Crippen LogP contribution is 2.17. The Morgan fingerprint density at radius 2 is 1.77 bits per heavy atom. The maximum atomic E-state index is 11.9. The molecule has 0 aliphatic carbocycles. The summed E-state index contributed by atoms with van der Waals surface area (Å²) in [5.41, 5.74) is 2.68. The third-order valence-corrected chi connectivity index (χ3v) is 6.07. The lowest BCUT2D eigenvalue weighted by molar-refractivity contribution is 0.0963. The second-order valence-corrected chi connectivity index (χ2v) is 8.41. The summed E-state index contributed by atoms with van der Waals surface area (Å²) in [7, 11) is 0. The van der Waals surface area contributed by atoms with Gasteiger partial charge in [0.25, 0.3) is 0 Å². The molecule has 2 saturated heterocycles. The van der Waals surface area contributed by atoms with Gasteiger partial charge in [0.05, 0.1) is 13.2 Å². The predicted molar refractivity (Wildman–Crippen MR) is 125 cm³/mol. The second-order valence-electron chi connectivity index (χ2n) is 8.41. The van der Waals surface area contributed by atoms with Crippen molar-refractivity contribution in [1.29, 1.82) is 0 Å². The van der Waals surface area contributed by atoms with Gasteiger partial charge in [0.1, 0.15) is 0 Å². The molecule has 172 valence electrons. The van der Waals surface area contributed by atoms with E-state index < -0.39 is 0 Å². The Kier molecular flexibility index (Phi) is 9.46. The van der Waals surface area contributed by atoms with Gasteiger partial charge in [-0.3, -0.25) is 4.90 Å². The number of likely N-dealkylation sites (tertiary alicyclic amines) is 2. The molecule has 1 aromatic carbocycles. The van der Waals surface area contributed by atoms with E-state index in [0.29, 0.717) is 32.3 Å². The number of hydrogen-bond donors (Lipinski definition) is 2. The van der Waals surface area contributed by atoms with Crippen LogP contribution in [-0.4, -0.2) is 67.2 Å². The van der Waals surface area contributed by atoms with Crippen LogP contribution in [-0.2, 0) is 17.8 Å². The highest BCUT2D eigenvalue weighted by atomic mass is 16.6. The number of rotatable bonds is 7. The third kappa shape index (κ3) is 7.42. The maximum absolute atomic E-state index is 11.9. The average Bonchev–Trinajstić information content (AvgIpc) is 2.80. The number of nitrogens with one attached hydrogen (secondary N) is 2. The number of guanidine groups is 1. The van der Waals surface area contributed by atoms with E-state index in [9.17, 15) is 4.79 Å². The number of hydrogen-bond acceptors (Lipinski definition) is 4. The van der Waals surface area contributed by atoms with Gasteiger partial charge in [0, 0.05) is 32.2 Å². The Labute approximate surface area is 187 Å². The molecule has 0 spiro atoms. The van der Waals surface area contributed by atoms with Crippen molar-refractivity contribution in [2.75, 3.05) is 39.3 Å².